The summed E-state index contributed by atoms with van der Waals surface area (Å²) in [5, 5.41) is 5.28. The third-order valence-electron chi connectivity index (χ3n) is 3.56. The van der Waals surface area contributed by atoms with E-state index >= 15 is 0 Å². The normalized spacial score (nSPS) is 11.6. The summed E-state index contributed by atoms with van der Waals surface area (Å²) in [5.74, 6) is 1.73. The molecule has 0 aliphatic heterocycles. The molecule has 0 amide bonds. The van der Waals surface area contributed by atoms with Crippen molar-refractivity contribution in [2.45, 2.75) is 39.7 Å². The Bertz CT molecular complexity index is 724. The number of rotatable bonds is 4. The highest BCUT2D eigenvalue weighted by molar-refractivity contribution is 5.83. The maximum absolute atomic E-state index is 5.34. The highest BCUT2D eigenvalue weighted by Gasteiger charge is 2.12. The van der Waals surface area contributed by atoms with Crippen molar-refractivity contribution in [3.8, 4) is 0 Å². The third-order valence-corrected chi connectivity index (χ3v) is 3.56. The Balaban J connectivity index is 1.97. The van der Waals surface area contributed by atoms with E-state index in [-0.39, 0.29) is 0 Å². The van der Waals surface area contributed by atoms with Crippen LogP contribution in [0.5, 0.6) is 0 Å². The molecule has 3 rings (SSSR count). The van der Waals surface area contributed by atoms with Crippen molar-refractivity contribution in [1.29, 1.82) is 0 Å². The van der Waals surface area contributed by atoms with Crippen LogP contribution < -0.4 is 0 Å². The van der Waals surface area contributed by atoms with Gasteiger partial charge in [0.2, 0.25) is 5.89 Å². The van der Waals surface area contributed by atoms with E-state index in [1.807, 2.05) is 0 Å². The lowest BCUT2D eigenvalue weighted by atomic mass is 10.1. The fourth-order valence-electron chi connectivity index (χ4n) is 2.47. The van der Waals surface area contributed by atoms with Gasteiger partial charge in [-0.15, -0.1) is 0 Å². The van der Waals surface area contributed by atoms with Crippen LogP contribution in [0, 0.1) is 0 Å². The first-order valence-corrected chi connectivity index (χ1v) is 7.08. The molecule has 4 nitrogen and oxygen atoms in total. The van der Waals surface area contributed by atoms with Gasteiger partial charge in [-0.3, -0.25) is 0 Å². The fourth-order valence-corrected chi connectivity index (χ4v) is 2.47. The van der Waals surface area contributed by atoms with Gasteiger partial charge in [-0.1, -0.05) is 44.1 Å². The molecule has 3 aromatic rings. The highest BCUT2D eigenvalue weighted by Crippen LogP contribution is 2.22. The molecule has 0 atom stereocenters. The van der Waals surface area contributed by atoms with Crippen LogP contribution in [0.4, 0.5) is 0 Å². The maximum Gasteiger partial charge on any atom is 0.246 e. The van der Waals surface area contributed by atoms with Crippen LogP contribution in [0.1, 0.15) is 44.0 Å². The molecule has 2 heterocycles. The van der Waals surface area contributed by atoms with Crippen LogP contribution in [0.3, 0.4) is 0 Å². The largest absolute Gasteiger partial charge is 0.338 e. The van der Waals surface area contributed by atoms with Crippen molar-refractivity contribution in [3.63, 3.8) is 0 Å². The minimum absolute atomic E-state index is 0.292. The molecule has 0 aliphatic rings. The van der Waals surface area contributed by atoms with Crippen LogP contribution in [0.2, 0.25) is 0 Å². The average Bonchev–Trinajstić information content (AvgIpc) is 3.06. The van der Waals surface area contributed by atoms with Crippen molar-refractivity contribution >= 4 is 10.9 Å². The molecule has 0 radical (unpaired) electrons. The summed E-state index contributed by atoms with van der Waals surface area (Å²) < 4.78 is 7.53. The molecule has 20 heavy (non-hydrogen) atoms. The van der Waals surface area contributed by atoms with Crippen molar-refractivity contribution in [1.82, 2.24) is 14.7 Å². The number of hydrogen-bond donors (Lipinski definition) is 0. The number of hydrogen-bond acceptors (Lipinski definition) is 3. The molecule has 0 aliphatic carbocycles. The van der Waals surface area contributed by atoms with E-state index in [0.717, 1.165) is 12.2 Å². The molecular formula is C16H19N3O. The number of para-hydroxylation sites is 1. The maximum atomic E-state index is 5.34. The second-order valence-corrected chi connectivity index (χ2v) is 5.35. The molecule has 0 unspecified atom stereocenters. The van der Waals surface area contributed by atoms with E-state index in [1.165, 1.54) is 16.5 Å². The van der Waals surface area contributed by atoms with Gasteiger partial charge in [0, 0.05) is 12.1 Å². The van der Waals surface area contributed by atoms with Gasteiger partial charge in [0.15, 0.2) is 5.82 Å². The second kappa shape index (κ2) is 5.12. The summed E-state index contributed by atoms with van der Waals surface area (Å²) in [7, 11) is 0. The smallest absolute Gasteiger partial charge is 0.246 e. The van der Waals surface area contributed by atoms with Crippen LogP contribution in [-0.4, -0.2) is 14.7 Å². The molecule has 104 valence electrons. The highest BCUT2D eigenvalue weighted by atomic mass is 16.5. The van der Waals surface area contributed by atoms with Crippen molar-refractivity contribution in [2.24, 2.45) is 0 Å². The Morgan fingerprint density at radius 2 is 2.10 bits per heavy atom. The summed E-state index contributed by atoms with van der Waals surface area (Å²) in [6.45, 7) is 6.93. The number of benzene rings is 1. The van der Waals surface area contributed by atoms with Crippen LogP contribution >= 0.6 is 0 Å². The predicted octanol–water partition coefficient (Wildman–Crippen LogP) is 3.76. The summed E-state index contributed by atoms with van der Waals surface area (Å²) in [6, 6.07) is 8.55. The minimum Gasteiger partial charge on any atom is -0.338 e. The Labute approximate surface area is 118 Å². The fraction of sp³-hybridized carbons (Fsp3) is 0.375. The number of fused-ring (bicyclic) bond motifs is 1. The van der Waals surface area contributed by atoms with Gasteiger partial charge in [0.1, 0.15) is 6.54 Å². The van der Waals surface area contributed by atoms with Crippen LogP contribution in [-0.2, 0) is 13.0 Å². The summed E-state index contributed by atoms with van der Waals surface area (Å²) in [6.07, 6.45) is 3.10. The molecule has 0 N–H and O–H groups in total. The SMILES string of the molecule is CCc1cccc2ccn(Cc3nc(C(C)C)no3)c12. The Hall–Kier alpha value is -2.10. The van der Waals surface area contributed by atoms with E-state index in [4.69, 9.17) is 4.52 Å². The summed E-state index contributed by atoms with van der Waals surface area (Å²) >= 11 is 0. The molecule has 4 heteroatoms. The molecule has 1 aromatic carbocycles. The first kappa shape index (κ1) is 12.9. The lowest BCUT2D eigenvalue weighted by molar-refractivity contribution is 0.366. The molecule has 2 aromatic heterocycles. The zero-order valence-corrected chi connectivity index (χ0v) is 12.1. The molecule has 0 saturated heterocycles. The summed E-state index contributed by atoms with van der Waals surface area (Å²) in [5.41, 5.74) is 2.61. The van der Waals surface area contributed by atoms with Gasteiger partial charge in [0.05, 0.1) is 5.52 Å². The third kappa shape index (κ3) is 2.22. The molecule has 0 bridgehead atoms. The number of aryl methyl sites for hydroxylation is 1. The monoisotopic (exact) mass is 269 g/mol. The van der Waals surface area contributed by atoms with Gasteiger partial charge in [-0.05, 0) is 23.4 Å². The van der Waals surface area contributed by atoms with Gasteiger partial charge >= 0.3 is 0 Å². The van der Waals surface area contributed by atoms with E-state index in [9.17, 15) is 0 Å². The van der Waals surface area contributed by atoms with Crippen LogP contribution in [0.15, 0.2) is 35.0 Å². The molecule has 0 saturated carbocycles. The van der Waals surface area contributed by atoms with E-state index in [2.05, 4.69) is 65.9 Å². The quantitative estimate of drug-likeness (QED) is 0.724. The first-order chi connectivity index (χ1) is 9.69. The van der Waals surface area contributed by atoms with E-state index in [0.29, 0.717) is 18.4 Å². The van der Waals surface area contributed by atoms with E-state index < -0.39 is 0 Å². The molecular weight excluding hydrogens is 250 g/mol. The average molecular weight is 269 g/mol. The van der Waals surface area contributed by atoms with Crippen molar-refractivity contribution in [3.05, 3.63) is 47.7 Å². The molecule has 0 spiro atoms. The van der Waals surface area contributed by atoms with Crippen molar-refractivity contribution < 1.29 is 4.52 Å². The minimum atomic E-state index is 0.292. The van der Waals surface area contributed by atoms with Gasteiger partial charge < -0.3 is 9.09 Å². The predicted molar refractivity (Wildman–Crippen MR) is 78.8 cm³/mol. The second-order valence-electron chi connectivity index (χ2n) is 5.35. The van der Waals surface area contributed by atoms with Crippen LogP contribution in [0.25, 0.3) is 10.9 Å². The number of nitrogens with zero attached hydrogens (tertiary/aromatic N) is 3. The Kier molecular flexibility index (Phi) is 3.30. The van der Waals surface area contributed by atoms with Gasteiger partial charge in [-0.2, -0.15) is 4.98 Å². The Morgan fingerprint density at radius 1 is 1.25 bits per heavy atom. The topological polar surface area (TPSA) is 43.9 Å². The lowest BCUT2D eigenvalue weighted by Gasteiger charge is -2.06. The first-order valence-electron chi connectivity index (χ1n) is 7.08. The van der Waals surface area contributed by atoms with E-state index in [1.54, 1.807) is 0 Å². The number of aromatic nitrogens is 3. The Morgan fingerprint density at radius 3 is 2.80 bits per heavy atom. The zero-order chi connectivity index (χ0) is 14.1. The van der Waals surface area contributed by atoms with Gasteiger partial charge in [0.25, 0.3) is 0 Å². The van der Waals surface area contributed by atoms with Gasteiger partial charge in [-0.25, -0.2) is 0 Å². The standard InChI is InChI=1S/C16H19N3O/c1-4-12-6-5-7-13-8-9-19(15(12)13)10-14-17-16(11(2)3)18-20-14/h5-9,11H,4,10H2,1-3H3. The molecule has 0 fully saturated rings. The lowest BCUT2D eigenvalue weighted by Crippen LogP contribution is -2.00. The summed E-state index contributed by atoms with van der Waals surface area (Å²) in [4.78, 5) is 4.45. The van der Waals surface area contributed by atoms with Crippen molar-refractivity contribution in [2.75, 3.05) is 0 Å². The zero-order valence-electron chi connectivity index (χ0n) is 12.1.